The monoisotopic (exact) mass is 281 g/mol. The van der Waals surface area contributed by atoms with Crippen LogP contribution >= 0.6 is 11.3 Å². The molecule has 2 heterocycles. The van der Waals surface area contributed by atoms with Crippen molar-refractivity contribution < 1.29 is 13.9 Å². The third-order valence-corrected chi connectivity index (χ3v) is 3.15. The van der Waals surface area contributed by atoms with E-state index in [1.807, 2.05) is 13.8 Å². The van der Waals surface area contributed by atoms with Crippen LogP contribution in [-0.4, -0.2) is 22.5 Å². The van der Waals surface area contributed by atoms with Crippen LogP contribution in [0.15, 0.2) is 16.1 Å². The molecule has 0 aromatic carbocycles. The van der Waals surface area contributed by atoms with Crippen molar-refractivity contribution in [2.75, 3.05) is 11.9 Å². The van der Waals surface area contributed by atoms with Gasteiger partial charge in [-0.2, -0.15) is 0 Å². The minimum absolute atomic E-state index is 0.151. The molecule has 1 atom stereocenters. The first-order valence-corrected chi connectivity index (χ1v) is 6.79. The summed E-state index contributed by atoms with van der Waals surface area (Å²) < 4.78 is 10.4. The van der Waals surface area contributed by atoms with Crippen molar-refractivity contribution >= 4 is 22.3 Å². The summed E-state index contributed by atoms with van der Waals surface area (Å²) in [4.78, 5) is 19.9. The van der Waals surface area contributed by atoms with Crippen LogP contribution in [0.25, 0.3) is 0 Å². The van der Waals surface area contributed by atoms with Crippen LogP contribution in [0.5, 0.6) is 0 Å². The Balaban J connectivity index is 2.11. The lowest BCUT2D eigenvalue weighted by atomic mass is 10.3. The number of carbonyl (C=O) groups is 1. The van der Waals surface area contributed by atoms with Gasteiger partial charge in [0, 0.05) is 0 Å². The molecule has 1 unspecified atom stereocenters. The van der Waals surface area contributed by atoms with Crippen molar-refractivity contribution in [1.29, 1.82) is 0 Å². The topological polar surface area (TPSA) is 77.2 Å². The number of hydrogen-bond donors (Lipinski definition) is 1. The predicted octanol–water partition coefficient (Wildman–Crippen LogP) is 2.79. The molecular weight excluding hydrogens is 266 g/mol. The SMILES string of the molecule is CCOC(=O)c1ncsc1NC(C)c1ncc(C)o1. The molecule has 0 bridgehead atoms. The molecule has 0 fully saturated rings. The predicted molar refractivity (Wildman–Crippen MR) is 71.3 cm³/mol. The Labute approximate surface area is 114 Å². The van der Waals surface area contributed by atoms with Gasteiger partial charge in [-0.15, -0.1) is 11.3 Å². The molecule has 2 aromatic rings. The largest absolute Gasteiger partial charge is 0.461 e. The third kappa shape index (κ3) is 3.11. The lowest BCUT2D eigenvalue weighted by molar-refractivity contribution is 0.0521. The summed E-state index contributed by atoms with van der Waals surface area (Å²) in [6.45, 7) is 5.82. The highest BCUT2D eigenvalue weighted by molar-refractivity contribution is 7.14. The van der Waals surface area contributed by atoms with Gasteiger partial charge in [0.1, 0.15) is 16.8 Å². The number of nitrogens with one attached hydrogen (secondary N) is 1. The molecule has 0 aliphatic rings. The molecule has 0 saturated heterocycles. The van der Waals surface area contributed by atoms with E-state index < -0.39 is 5.97 Å². The molecule has 0 saturated carbocycles. The summed E-state index contributed by atoms with van der Waals surface area (Å²) in [6, 6.07) is -0.151. The molecule has 0 aliphatic heterocycles. The second-order valence-electron chi connectivity index (χ2n) is 3.93. The summed E-state index contributed by atoms with van der Waals surface area (Å²) >= 11 is 1.34. The molecule has 2 aromatic heterocycles. The van der Waals surface area contributed by atoms with Crippen LogP contribution in [-0.2, 0) is 4.74 Å². The Hall–Kier alpha value is -1.89. The van der Waals surface area contributed by atoms with Crippen molar-refractivity contribution in [3.8, 4) is 0 Å². The van der Waals surface area contributed by atoms with E-state index in [-0.39, 0.29) is 6.04 Å². The Morgan fingerprint density at radius 3 is 3.00 bits per heavy atom. The molecule has 2 rings (SSSR count). The fourth-order valence-electron chi connectivity index (χ4n) is 1.52. The lowest BCUT2D eigenvalue weighted by Gasteiger charge is -2.10. The van der Waals surface area contributed by atoms with E-state index >= 15 is 0 Å². The van der Waals surface area contributed by atoms with Gasteiger partial charge in [0.2, 0.25) is 5.89 Å². The van der Waals surface area contributed by atoms with Crippen molar-refractivity contribution in [2.24, 2.45) is 0 Å². The Morgan fingerprint density at radius 2 is 2.37 bits per heavy atom. The van der Waals surface area contributed by atoms with Crippen molar-refractivity contribution in [1.82, 2.24) is 9.97 Å². The summed E-state index contributed by atoms with van der Waals surface area (Å²) in [5, 5.41) is 3.81. The molecule has 0 aliphatic carbocycles. The van der Waals surface area contributed by atoms with Gasteiger partial charge in [-0.25, -0.2) is 14.8 Å². The van der Waals surface area contributed by atoms with Gasteiger partial charge >= 0.3 is 5.97 Å². The van der Waals surface area contributed by atoms with Crippen LogP contribution in [0.3, 0.4) is 0 Å². The number of ether oxygens (including phenoxy) is 1. The molecule has 0 amide bonds. The third-order valence-electron chi connectivity index (χ3n) is 2.39. The number of aryl methyl sites for hydroxylation is 1. The second-order valence-corrected chi connectivity index (χ2v) is 4.78. The number of esters is 1. The number of hydrogen-bond acceptors (Lipinski definition) is 7. The summed E-state index contributed by atoms with van der Waals surface area (Å²) in [6.07, 6.45) is 1.66. The molecule has 0 radical (unpaired) electrons. The highest BCUT2D eigenvalue weighted by Gasteiger charge is 2.19. The van der Waals surface area contributed by atoms with Crippen LogP contribution < -0.4 is 5.32 Å². The van der Waals surface area contributed by atoms with Gasteiger partial charge in [-0.05, 0) is 20.8 Å². The van der Waals surface area contributed by atoms with E-state index in [9.17, 15) is 4.79 Å². The lowest BCUT2D eigenvalue weighted by Crippen LogP contribution is -2.11. The summed E-state index contributed by atoms with van der Waals surface area (Å²) in [7, 11) is 0. The first-order valence-electron chi connectivity index (χ1n) is 5.91. The van der Waals surface area contributed by atoms with Gasteiger partial charge in [-0.1, -0.05) is 0 Å². The van der Waals surface area contributed by atoms with E-state index in [1.165, 1.54) is 11.3 Å². The highest BCUT2D eigenvalue weighted by atomic mass is 32.1. The maximum absolute atomic E-state index is 11.7. The maximum atomic E-state index is 11.7. The van der Waals surface area contributed by atoms with Crippen LogP contribution in [0, 0.1) is 6.92 Å². The van der Waals surface area contributed by atoms with E-state index in [0.717, 1.165) is 5.76 Å². The number of thiazole rings is 1. The summed E-state index contributed by atoms with van der Waals surface area (Å²) in [5.74, 6) is 0.890. The zero-order chi connectivity index (χ0) is 13.8. The quantitative estimate of drug-likeness (QED) is 0.849. The number of aromatic nitrogens is 2. The van der Waals surface area contributed by atoms with E-state index in [4.69, 9.17) is 9.15 Å². The van der Waals surface area contributed by atoms with E-state index in [1.54, 1.807) is 18.6 Å². The first-order chi connectivity index (χ1) is 9.11. The van der Waals surface area contributed by atoms with Gasteiger partial charge < -0.3 is 14.5 Å². The zero-order valence-electron chi connectivity index (χ0n) is 11.0. The smallest absolute Gasteiger partial charge is 0.360 e. The first kappa shape index (κ1) is 13.5. The number of anilines is 1. The van der Waals surface area contributed by atoms with Gasteiger partial charge in [0.15, 0.2) is 5.69 Å². The van der Waals surface area contributed by atoms with Gasteiger partial charge in [-0.3, -0.25) is 0 Å². The van der Waals surface area contributed by atoms with Crippen molar-refractivity contribution in [3.63, 3.8) is 0 Å². The standard InChI is InChI=1S/C12H15N3O3S/c1-4-17-12(16)9-11(19-6-14-9)15-8(3)10-13-5-7(2)18-10/h5-6,8,15H,4H2,1-3H3. The van der Waals surface area contributed by atoms with Crippen molar-refractivity contribution in [3.05, 3.63) is 29.1 Å². The number of nitrogens with zero attached hydrogens (tertiary/aromatic N) is 2. The van der Waals surface area contributed by atoms with E-state index in [2.05, 4.69) is 15.3 Å². The van der Waals surface area contributed by atoms with Gasteiger partial charge in [0.05, 0.1) is 18.3 Å². The van der Waals surface area contributed by atoms with E-state index in [0.29, 0.717) is 23.2 Å². The number of rotatable bonds is 5. The fraction of sp³-hybridized carbons (Fsp3) is 0.417. The second kappa shape index (κ2) is 5.83. The minimum Gasteiger partial charge on any atom is -0.461 e. The Bertz CT molecular complexity index is 564. The molecule has 7 heteroatoms. The maximum Gasteiger partial charge on any atom is 0.360 e. The van der Waals surface area contributed by atoms with Crippen LogP contribution in [0.4, 0.5) is 5.00 Å². The minimum atomic E-state index is -0.429. The Kier molecular flexibility index (Phi) is 4.16. The molecule has 0 spiro atoms. The summed E-state index contributed by atoms with van der Waals surface area (Å²) in [5.41, 5.74) is 1.89. The fourth-order valence-corrected chi connectivity index (χ4v) is 2.28. The molecular formula is C12H15N3O3S. The molecule has 6 nitrogen and oxygen atoms in total. The average molecular weight is 281 g/mol. The normalized spacial score (nSPS) is 12.2. The average Bonchev–Trinajstić information content (AvgIpc) is 2.98. The van der Waals surface area contributed by atoms with Crippen LogP contribution in [0.1, 0.15) is 42.0 Å². The van der Waals surface area contributed by atoms with Crippen molar-refractivity contribution in [2.45, 2.75) is 26.8 Å². The molecule has 1 N–H and O–H groups in total. The van der Waals surface area contributed by atoms with Gasteiger partial charge in [0.25, 0.3) is 0 Å². The van der Waals surface area contributed by atoms with Crippen LogP contribution in [0.2, 0.25) is 0 Å². The number of oxazole rings is 1. The highest BCUT2D eigenvalue weighted by Crippen LogP contribution is 2.26. The molecule has 102 valence electrons. The molecule has 19 heavy (non-hydrogen) atoms. The number of carbonyl (C=O) groups excluding carboxylic acids is 1. The Morgan fingerprint density at radius 1 is 1.58 bits per heavy atom. The zero-order valence-corrected chi connectivity index (χ0v) is 11.8.